The topological polar surface area (TPSA) is 117 Å². The van der Waals surface area contributed by atoms with E-state index < -0.39 is 40.7 Å². The second-order valence-electron chi connectivity index (χ2n) is 11.5. The molecule has 9 nitrogen and oxygen atoms in total. The van der Waals surface area contributed by atoms with Gasteiger partial charge in [-0.1, -0.05) is 6.92 Å². The van der Waals surface area contributed by atoms with Gasteiger partial charge in [-0.25, -0.2) is 4.98 Å². The summed E-state index contributed by atoms with van der Waals surface area (Å²) in [5.41, 5.74) is -3.48. The highest BCUT2D eigenvalue weighted by atomic mass is 19.4. The molecule has 1 aliphatic heterocycles. The van der Waals surface area contributed by atoms with Crippen LogP contribution in [-0.4, -0.2) is 70.0 Å². The van der Waals surface area contributed by atoms with E-state index in [0.717, 1.165) is 62.8 Å². The number of carbonyl (C=O) groups is 2. The van der Waals surface area contributed by atoms with Crippen LogP contribution in [0.5, 0.6) is 0 Å². The Morgan fingerprint density at radius 2 is 1.68 bits per heavy atom. The van der Waals surface area contributed by atoms with Crippen molar-refractivity contribution in [3.63, 3.8) is 0 Å². The van der Waals surface area contributed by atoms with E-state index >= 15 is 0 Å². The van der Waals surface area contributed by atoms with Crippen LogP contribution in [0.3, 0.4) is 0 Å². The van der Waals surface area contributed by atoms with Crippen LogP contribution in [0.25, 0.3) is 6.08 Å². The SMILES string of the molecule is CCN1CCN(Cc2cc(NC(=O)c3ccc(C(F)(F)F)c(C(=N)/C=C\c4ncc(NC(=O)C5CC5)[nH]4)c3)cc(C(F)(F)F)c2)CC1. The van der Waals surface area contributed by atoms with Crippen molar-refractivity contribution in [1.29, 1.82) is 5.41 Å². The van der Waals surface area contributed by atoms with Crippen molar-refractivity contribution in [2.75, 3.05) is 43.4 Å². The minimum Gasteiger partial charge on any atom is -0.325 e. The number of piperazine rings is 1. The van der Waals surface area contributed by atoms with E-state index in [1.54, 1.807) is 0 Å². The highest BCUT2D eigenvalue weighted by Gasteiger charge is 2.35. The Morgan fingerprint density at radius 1 is 0.979 bits per heavy atom. The predicted molar refractivity (Wildman–Crippen MR) is 164 cm³/mol. The minimum absolute atomic E-state index is 0.0572. The molecule has 1 aromatic heterocycles. The fourth-order valence-corrected chi connectivity index (χ4v) is 5.22. The number of benzene rings is 2. The molecule has 0 atom stereocenters. The maximum atomic E-state index is 13.9. The molecule has 1 saturated carbocycles. The third kappa shape index (κ3) is 8.86. The molecule has 2 heterocycles. The lowest BCUT2D eigenvalue weighted by molar-refractivity contribution is -0.138. The fraction of sp³-hybridized carbons (Fsp3) is 0.375. The minimum atomic E-state index is -4.87. The summed E-state index contributed by atoms with van der Waals surface area (Å²) in [6.45, 7) is 6.02. The van der Waals surface area contributed by atoms with E-state index in [0.29, 0.717) is 30.5 Å². The molecule has 2 aromatic carbocycles. The molecule has 0 unspecified atom stereocenters. The largest absolute Gasteiger partial charge is 0.417 e. The Hall–Kier alpha value is -4.50. The second-order valence-corrected chi connectivity index (χ2v) is 11.5. The number of nitrogens with one attached hydrogen (secondary N) is 4. The number of aromatic nitrogens is 2. The first-order chi connectivity index (χ1) is 22.2. The number of imidazole rings is 1. The first kappa shape index (κ1) is 33.9. The van der Waals surface area contributed by atoms with Crippen molar-refractivity contribution in [3.8, 4) is 0 Å². The third-order valence-electron chi connectivity index (χ3n) is 7.98. The molecule has 2 aliphatic rings. The zero-order valence-corrected chi connectivity index (χ0v) is 25.4. The molecule has 2 fully saturated rings. The average Bonchev–Trinajstić information content (AvgIpc) is 3.78. The number of likely N-dealkylation sites (N-methyl/N-ethyl adjacent to an activating group) is 1. The number of hydrogen-bond acceptors (Lipinski definition) is 6. The van der Waals surface area contributed by atoms with Crippen LogP contribution in [-0.2, 0) is 23.7 Å². The van der Waals surface area contributed by atoms with Crippen LogP contribution >= 0.6 is 0 Å². The molecule has 1 aliphatic carbocycles. The van der Waals surface area contributed by atoms with Crippen LogP contribution in [0.1, 0.15) is 58.2 Å². The van der Waals surface area contributed by atoms with Gasteiger partial charge >= 0.3 is 12.4 Å². The Bertz CT molecular complexity index is 1670. The number of carbonyl (C=O) groups excluding carboxylic acids is 2. The fourth-order valence-electron chi connectivity index (χ4n) is 5.22. The van der Waals surface area contributed by atoms with Crippen molar-refractivity contribution in [1.82, 2.24) is 19.8 Å². The van der Waals surface area contributed by atoms with E-state index in [1.807, 2.05) is 11.8 Å². The number of nitrogens with zero attached hydrogens (tertiary/aromatic N) is 3. The summed E-state index contributed by atoms with van der Waals surface area (Å²) in [6, 6.07) is 5.64. The van der Waals surface area contributed by atoms with E-state index in [1.165, 1.54) is 18.3 Å². The van der Waals surface area contributed by atoms with Gasteiger partial charge in [0.2, 0.25) is 5.91 Å². The number of allylic oxidation sites excluding steroid dienone is 1. The zero-order valence-electron chi connectivity index (χ0n) is 25.4. The van der Waals surface area contributed by atoms with Gasteiger partial charge in [-0.3, -0.25) is 14.5 Å². The molecular weight excluding hydrogens is 628 g/mol. The van der Waals surface area contributed by atoms with E-state index in [2.05, 4.69) is 25.5 Å². The van der Waals surface area contributed by atoms with E-state index in [4.69, 9.17) is 5.41 Å². The van der Waals surface area contributed by atoms with Crippen molar-refractivity contribution in [2.24, 2.45) is 5.92 Å². The summed E-state index contributed by atoms with van der Waals surface area (Å²) >= 11 is 0. The Morgan fingerprint density at radius 3 is 2.32 bits per heavy atom. The summed E-state index contributed by atoms with van der Waals surface area (Å²) < 4.78 is 83.0. The molecule has 0 bridgehead atoms. The molecule has 4 N–H and O–H groups in total. The van der Waals surface area contributed by atoms with Crippen molar-refractivity contribution in [3.05, 3.63) is 82.3 Å². The van der Waals surface area contributed by atoms with Gasteiger partial charge < -0.3 is 25.9 Å². The standard InChI is InChI=1S/C32H33F6N7O2/c1-2-44-9-11-45(12-10-44)18-19-13-22(31(33,34)35)16-23(14-19)41-30(47)21-5-6-25(32(36,37)38)24(15-21)26(39)7-8-27-40-17-28(42-27)43-29(46)20-3-4-20/h5-8,13-17,20,39H,2-4,9-12,18H2,1H3,(H,40,42)(H,41,47)(H,43,46)/b8-7-,39-26?. The van der Waals surface area contributed by atoms with Crippen molar-refractivity contribution < 1.29 is 35.9 Å². The molecule has 2 amide bonds. The normalized spacial score (nSPS) is 16.4. The molecule has 15 heteroatoms. The number of amides is 2. The zero-order chi connectivity index (χ0) is 33.9. The van der Waals surface area contributed by atoms with Crippen LogP contribution in [0.2, 0.25) is 0 Å². The van der Waals surface area contributed by atoms with Gasteiger partial charge in [-0.2, -0.15) is 26.3 Å². The summed E-state index contributed by atoms with van der Waals surface area (Å²) in [5.74, 6) is -0.719. The number of aromatic amines is 1. The molecule has 0 spiro atoms. The van der Waals surface area contributed by atoms with Gasteiger partial charge in [-0.15, -0.1) is 0 Å². The van der Waals surface area contributed by atoms with Crippen LogP contribution in [0.4, 0.5) is 37.8 Å². The van der Waals surface area contributed by atoms with Gasteiger partial charge in [0.25, 0.3) is 5.91 Å². The molecule has 250 valence electrons. The molecule has 0 radical (unpaired) electrons. The monoisotopic (exact) mass is 661 g/mol. The van der Waals surface area contributed by atoms with Crippen LogP contribution in [0, 0.1) is 11.3 Å². The van der Waals surface area contributed by atoms with Gasteiger partial charge in [0, 0.05) is 55.5 Å². The first-order valence-electron chi connectivity index (χ1n) is 15.0. The lowest BCUT2D eigenvalue weighted by Crippen LogP contribution is -2.45. The van der Waals surface area contributed by atoms with Gasteiger partial charge in [0.05, 0.1) is 23.0 Å². The summed E-state index contributed by atoms with van der Waals surface area (Å²) in [7, 11) is 0. The Balaban J connectivity index is 1.35. The lowest BCUT2D eigenvalue weighted by Gasteiger charge is -2.34. The number of H-pyrrole nitrogens is 1. The maximum Gasteiger partial charge on any atom is 0.417 e. The molecule has 47 heavy (non-hydrogen) atoms. The van der Waals surface area contributed by atoms with Crippen molar-refractivity contribution in [2.45, 2.75) is 38.7 Å². The van der Waals surface area contributed by atoms with E-state index in [9.17, 15) is 35.9 Å². The number of hydrogen-bond donors (Lipinski definition) is 4. The third-order valence-corrected chi connectivity index (χ3v) is 7.98. The average molecular weight is 662 g/mol. The smallest absolute Gasteiger partial charge is 0.325 e. The van der Waals surface area contributed by atoms with Crippen LogP contribution < -0.4 is 10.6 Å². The van der Waals surface area contributed by atoms with E-state index in [-0.39, 0.29) is 35.4 Å². The first-order valence-corrected chi connectivity index (χ1v) is 15.0. The number of halogens is 6. The lowest BCUT2D eigenvalue weighted by atomic mass is 9.98. The molecule has 5 rings (SSSR count). The van der Waals surface area contributed by atoms with Crippen LogP contribution in [0.15, 0.2) is 48.7 Å². The Labute approximate surface area is 266 Å². The number of rotatable bonds is 10. The molecular formula is C32H33F6N7O2. The molecule has 3 aromatic rings. The highest BCUT2D eigenvalue weighted by molar-refractivity contribution is 6.12. The summed E-state index contributed by atoms with van der Waals surface area (Å²) in [4.78, 5) is 36.2. The summed E-state index contributed by atoms with van der Waals surface area (Å²) in [6.07, 6.45) is -4.35. The quantitative estimate of drug-likeness (QED) is 0.151. The van der Waals surface area contributed by atoms with Gasteiger partial charge in [0.15, 0.2) is 0 Å². The van der Waals surface area contributed by atoms with Gasteiger partial charge in [0.1, 0.15) is 11.6 Å². The highest BCUT2D eigenvalue weighted by Crippen LogP contribution is 2.35. The molecule has 1 saturated heterocycles. The number of alkyl halides is 6. The summed E-state index contributed by atoms with van der Waals surface area (Å²) in [5, 5.41) is 13.4. The van der Waals surface area contributed by atoms with Gasteiger partial charge in [-0.05, 0) is 73.5 Å². The predicted octanol–water partition coefficient (Wildman–Crippen LogP) is 6.27. The Kier molecular flexibility index (Phi) is 9.86. The number of anilines is 2. The second kappa shape index (κ2) is 13.7. The van der Waals surface area contributed by atoms with Crippen molar-refractivity contribution >= 4 is 35.1 Å². The maximum absolute atomic E-state index is 13.9.